The molecule has 2 aromatic rings. The first-order valence-corrected chi connectivity index (χ1v) is 9.54. The van der Waals surface area contributed by atoms with Gasteiger partial charge in [-0.3, -0.25) is 0 Å². The first kappa shape index (κ1) is 18.0. The van der Waals surface area contributed by atoms with Crippen molar-refractivity contribution >= 4 is 6.09 Å². The fourth-order valence-electron chi connectivity index (χ4n) is 4.26. The van der Waals surface area contributed by atoms with E-state index in [2.05, 4.69) is 18.2 Å². The summed E-state index contributed by atoms with van der Waals surface area (Å²) in [5.41, 5.74) is 4.90. The molecule has 2 unspecified atom stereocenters. The lowest BCUT2D eigenvalue weighted by Gasteiger charge is -2.40. The molecule has 0 radical (unpaired) electrons. The maximum absolute atomic E-state index is 13.3. The maximum atomic E-state index is 13.3. The molecule has 2 aliphatic rings. The van der Waals surface area contributed by atoms with Crippen LogP contribution in [0.4, 0.5) is 9.18 Å². The molecule has 1 aliphatic heterocycles. The molecule has 142 valence electrons. The second-order valence-electron chi connectivity index (χ2n) is 7.46. The van der Waals surface area contributed by atoms with Gasteiger partial charge < -0.3 is 19.5 Å². The molecular weight excluding hydrogens is 345 g/mol. The molecule has 1 aliphatic carbocycles. The molecule has 0 saturated carbocycles. The monoisotopic (exact) mass is 368 g/mol. The number of carbonyl (C=O) groups is 1. The Labute approximate surface area is 158 Å². The molecule has 2 atom stereocenters. The summed E-state index contributed by atoms with van der Waals surface area (Å²) in [6.45, 7) is 1.12. The lowest BCUT2D eigenvalue weighted by atomic mass is 9.87. The van der Waals surface area contributed by atoms with Crippen LogP contribution in [0, 0.1) is 5.82 Å². The summed E-state index contributed by atoms with van der Waals surface area (Å²) in [4.78, 5) is 12.6. The molecule has 4 nitrogen and oxygen atoms in total. The number of aryl methyl sites for hydroxylation is 2. The number of piperidine rings is 1. The van der Waals surface area contributed by atoms with Gasteiger partial charge in [-0.15, -0.1) is 0 Å². The largest absolute Gasteiger partial charge is 0.530 e. The minimum Gasteiger partial charge on any atom is -0.530 e. The highest BCUT2D eigenvalue weighted by atomic mass is 19.1. The summed E-state index contributed by atoms with van der Waals surface area (Å²) < 4.78 is 19.5. The average molecular weight is 368 g/mol. The number of fused-ring (bicyclic) bond motifs is 1. The second kappa shape index (κ2) is 7.69. The van der Waals surface area contributed by atoms with E-state index in [0.29, 0.717) is 19.6 Å². The lowest BCUT2D eigenvalue weighted by molar-refractivity contribution is -0.268. The number of carboxylic acid groups (broad SMARTS) is 1. The van der Waals surface area contributed by atoms with Crippen LogP contribution in [0.5, 0.6) is 0 Å². The number of hydrogen-bond donors (Lipinski definition) is 0. The first-order valence-electron chi connectivity index (χ1n) is 9.54. The van der Waals surface area contributed by atoms with Gasteiger partial charge in [-0.25, -0.2) is 4.39 Å². The molecule has 4 rings (SSSR count). The minimum absolute atomic E-state index is 0.0376. The average Bonchev–Trinajstić information content (AvgIpc) is 3.14. The van der Waals surface area contributed by atoms with Gasteiger partial charge in [0.1, 0.15) is 11.9 Å². The molecule has 0 aromatic heterocycles. The van der Waals surface area contributed by atoms with E-state index in [1.54, 1.807) is 12.1 Å². The number of ether oxygens (including phenoxy) is 1. The maximum Gasteiger partial charge on any atom is 0.137 e. The molecule has 1 saturated heterocycles. The van der Waals surface area contributed by atoms with Crippen molar-refractivity contribution < 1.29 is 19.0 Å². The summed E-state index contributed by atoms with van der Waals surface area (Å²) in [7, 11) is 0. The van der Waals surface area contributed by atoms with Gasteiger partial charge in [0, 0.05) is 19.0 Å². The number of halogens is 1. The Kier molecular flexibility index (Phi) is 5.12. The molecular formula is C22H23FNO3-. The summed E-state index contributed by atoms with van der Waals surface area (Å²) in [5, 5.41) is 11.3. The van der Waals surface area contributed by atoms with E-state index in [0.717, 1.165) is 24.0 Å². The number of likely N-dealkylation sites (tertiary alicyclic amines) is 1. The predicted molar refractivity (Wildman–Crippen MR) is 97.8 cm³/mol. The lowest BCUT2D eigenvalue weighted by Crippen LogP contribution is -2.51. The van der Waals surface area contributed by atoms with Gasteiger partial charge in [0.25, 0.3) is 0 Å². The van der Waals surface area contributed by atoms with Crippen molar-refractivity contribution in [3.05, 3.63) is 70.5 Å². The highest BCUT2D eigenvalue weighted by Gasteiger charge is 2.31. The third kappa shape index (κ3) is 3.98. The smallest absolute Gasteiger partial charge is 0.137 e. The molecule has 0 spiro atoms. The number of hydrogen-bond acceptors (Lipinski definition) is 3. The van der Waals surface area contributed by atoms with Crippen LogP contribution < -0.4 is 5.11 Å². The Morgan fingerprint density at radius 1 is 1.15 bits per heavy atom. The Hall–Kier alpha value is -2.40. The number of carbonyl (C=O) groups excluding carboxylic acids is 1. The third-order valence-corrected chi connectivity index (χ3v) is 5.74. The van der Waals surface area contributed by atoms with E-state index in [9.17, 15) is 14.3 Å². The topological polar surface area (TPSA) is 52.6 Å². The zero-order chi connectivity index (χ0) is 18.8. The highest BCUT2D eigenvalue weighted by molar-refractivity contribution is 5.62. The van der Waals surface area contributed by atoms with E-state index in [1.807, 2.05) is 0 Å². The molecule has 1 heterocycles. The van der Waals surface area contributed by atoms with E-state index in [1.165, 1.54) is 34.6 Å². The van der Waals surface area contributed by atoms with Crippen LogP contribution in [-0.4, -0.2) is 30.2 Å². The van der Waals surface area contributed by atoms with Gasteiger partial charge >= 0.3 is 0 Å². The molecule has 2 aromatic carbocycles. The van der Waals surface area contributed by atoms with Crippen molar-refractivity contribution in [1.29, 1.82) is 0 Å². The molecule has 1 amide bonds. The summed E-state index contributed by atoms with van der Waals surface area (Å²) in [6.07, 6.45) is 2.65. The summed E-state index contributed by atoms with van der Waals surface area (Å²) in [5.74, 6) is -0.239. The molecule has 0 bridgehead atoms. The van der Waals surface area contributed by atoms with Crippen molar-refractivity contribution in [2.45, 2.75) is 44.3 Å². The zero-order valence-electron chi connectivity index (χ0n) is 15.2. The van der Waals surface area contributed by atoms with E-state index < -0.39 is 6.09 Å². The van der Waals surface area contributed by atoms with Crippen molar-refractivity contribution in [3.8, 4) is 0 Å². The Balaban J connectivity index is 1.49. The van der Waals surface area contributed by atoms with Crippen molar-refractivity contribution in [2.75, 3.05) is 13.1 Å². The van der Waals surface area contributed by atoms with E-state index in [4.69, 9.17) is 4.74 Å². The van der Waals surface area contributed by atoms with E-state index >= 15 is 0 Å². The Morgan fingerprint density at radius 2 is 1.93 bits per heavy atom. The first-order chi connectivity index (χ1) is 13.1. The quantitative estimate of drug-likeness (QED) is 0.834. The number of nitrogens with zero attached hydrogens (tertiary/aromatic N) is 1. The fraction of sp³-hybridized carbons (Fsp3) is 0.409. The number of benzene rings is 2. The van der Waals surface area contributed by atoms with Crippen LogP contribution in [-0.2, 0) is 24.2 Å². The molecule has 27 heavy (non-hydrogen) atoms. The standard InChI is InChI=1S/C22H24FNO3/c23-19-8-6-17(7-9-19)20-10-11-24(22(25)26)13-21(20)27-14-15-4-5-16-2-1-3-18(16)12-15/h4-9,12,20-21H,1-3,10-11,13-14H2,(H,25,26)/p-1. The predicted octanol–water partition coefficient (Wildman–Crippen LogP) is 3.03. The van der Waals surface area contributed by atoms with Crippen molar-refractivity contribution in [1.82, 2.24) is 4.90 Å². The summed E-state index contributed by atoms with van der Waals surface area (Å²) in [6, 6.07) is 12.9. The SMILES string of the molecule is O=C([O-])N1CCC(c2ccc(F)cc2)C(OCc2ccc3c(c2)CCC3)C1. The van der Waals surface area contributed by atoms with E-state index in [-0.39, 0.29) is 24.4 Å². The summed E-state index contributed by atoms with van der Waals surface area (Å²) >= 11 is 0. The van der Waals surface area contributed by atoms with Gasteiger partial charge in [0.2, 0.25) is 0 Å². The molecule has 0 N–H and O–H groups in total. The van der Waals surface area contributed by atoms with Gasteiger partial charge in [-0.2, -0.15) is 0 Å². The van der Waals surface area contributed by atoms with Crippen LogP contribution in [0.3, 0.4) is 0 Å². The third-order valence-electron chi connectivity index (χ3n) is 5.74. The van der Waals surface area contributed by atoms with Gasteiger partial charge in [-0.05, 0) is 60.1 Å². The van der Waals surface area contributed by atoms with Gasteiger partial charge in [-0.1, -0.05) is 30.3 Å². The fourth-order valence-corrected chi connectivity index (χ4v) is 4.26. The second-order valence-corrected chi connectivity index (χ2v) is 7.46. The number of amides is 1. The Bertz CT molecular complexity index is 821. The highest BCUT2D eigenvalue weighted by Crippen LogP contribution is 2.31. The van der Waals surface area contributed by atoms with Gasteiger partial charge in [0.05, 0.1) is 12.7 Å². The normalized spacial score (nSPS) is 21.9. The van der Waals surface area contributed by atoms with Crippen LogP contribution in [0.25, 0.3) is 0 Å². The van der Waals surface area contributed by atoms with Crippen LogP contribution in [0.2, 0.25) is 0 Å². The Morgan fingerprint density at radius 3 is 2.70 bits per heavy atom. The van der Waals surface area contributed by atoms with Crippen molar-refractivity contribution in [2.24, 2.45) is 0 Å². The zero-order valence-corrected chi connectivity index (χ0v) is 15.2. The van der Waals surface area contributed by atoms with Gasteiger partial charge in [0.15, 0.2) is 0 Å². The van der Waals surface area contributed by atoms with Crippen LogP contribution in [0.15, 0.2) is 42.5 Å². The minimum atomic E-state index is -1.17. The van der Waals surface area contributed by atoms with Crippen LogP contribution >= 0.6 is 0 Å². The van der Waals surface area contributed by atoms with Crippen LogP contribution in [0.1, 0.15) is 41.0 Å². The molecule has 1 fully saturated rings. The van der Waals surface area contributed by atoms with Crippen molar-refractivity contribution in [3.63, 3.8) is 0 Å². The molecule has 5 heteroatoms. The number of rotatable bonds is 4.